The van der Waals surface area contributed by atoms with Gasteiger partial charge in [-0.2, -0.15) is 0 Å². The van der Waals surface area contributed by atoms with Crippen molar-refractivity contribution in [3.63, 3.8) is 0 Å². The van der Waals surface area contributed by atoms with Crippen LogP contribution in [0.15, 0.2) is 40.3 Å². The van der Waals surface area contributed by atoms with Crippen LogP contribution in [0.2, 0.25) is 0 Å². The van der Waals surface area contributed by atoms with Gasteiger partial charge in [-0.3, -0.25) is 0 Å². The molecular weight excluding hydrogens is 279 g/mol. The van der Waals surface area contributed by atoms with Crippen molar-refractivity contribution >= 4 is 17.6 Å². The number of anilines is 1. The number of halogens is 1. The second kappa shape index (κ2) is 7.18. The normalized spacial score (nSPS) is 10.6. The summed E-state index contributed by atoms with van der Waals surface area (Å²) in [5.41, 5.74) is 2.47. The smallest absolute Gasteiger partial charge is 0.157 e. The predicted octanol–water partition coefficient (Wildman–Crippen LogP) is 2.59. The average molecular weight is 294 g/mol. The highest BCUT2D eigenvalue weighted by Gasteiger charge is 2.08. The lowest BCUT2D eigenvalue weighted by Crippen LogP contribution is -2.11. The van der Waals surface area contributed by atoms with E-state index in [0.29, 0.717) is 28.2 Å². The molecule has 2 aromatic rings. The van der Waals surface area contributed by atoms with Gasteiger partial charge in [-0.25, -0.2) is 20.2 Å². The van der Waals surface area contributed by atoms with E-state index >= 15 is 0 Å². The number of benzene rings is 1. The summed E-state index contributed by atoms with van der Waals surface area (Å²) < 4.78 is 18.9. The largest absolute Gasteiger partial charge is 0.374 e. The van der Waals surface area contributed by atoms with Crippen LogP contribution in [-0.4, -0.2) is 16.6 Å². The fourth-order valence-corrected chi connectivity index (χ4v) is 2.36. The highest BCUT2D eigenvalue weighted by atomic mass is 32.2. The third-order valence-corrected chi connectivity index (χ3v) is 3.35. The second-order valence-corrected chi connectivity index (χ2v) is 4.88. The molecule has 2 rings (SSSR count). The molecule has 3 N–H and O–H groups in total. The van der Waals surface area contributed by atoms with Crippen molar-refractivity contribution in [1.29, 1.82) is 0 Å². The van der Waals surface area contributed by atoms with Gasteiger partial charge in [-0.05, 0) is 19.1 Å². The molecule has 0 aliphatic rings. The van der Waals surface area contributed by atoms with Gasteiger partial charge in [-0.15, -0.1) is 0 Å². The summed E-state index contributed by atoms with van der Waals surface area (Å²) in [6.07, 6.45) is 0. The molecule has 0 bridgehead atoms. The molecule has 0 aliphatic carbocycles. The van der Waals surface area contributed by atoms with E-state index in [9.17, 15) is 4.39 Å². The van der Waals surface area contributed by atoms with E-state index in [4.69, 9.17) is 10.6 Å². The molecule has 0 spiro atoms. The maximum Gasteiger partial charge on any atom is 0.157 e. The van der Waals surface area contributed by atoms with Crippen molar-refractivity contribution in [3.05, 3.63) is 42.0 Å². The summed E-state index contributed by atoms with van der Waals surface area (Å²) in [6.45, 7) is 2.75. The van der Waals surface area contributed by atoms with E-state index in [-0.39, 0.29) is 12.4 Å². The van der Waals surface area contributed by atoms with Gasteiger partial charge in [0.05, 0.1) is 0 Å². The Hall–Kier alpha value is -1.70. The first-order valence-corrected chi connectivity index (χ1v) is 6.89. The van der Waals surface area contributed by atoms with Crippen LogP contribution in [0.1, 0.15) is 12.7 Å². The topological polar surface area (TPSA) is 73.1 Å². The first-order valence-electron chi connectivity index (χ1n) is 6.07. The van der Waals surface area contributed by atoms with Crippen LogP contribution in [0.3, 0.4) is 0 Å². The lowest BCUT2D eigenvalue weighted by molar-refractivity contribution is 0.128. The van der Waals surface area contributed by atoms with Crippen molar-refractivity contribution in [2.75, 3.05) is 12.0 Å². The molecule has 5 nitrogen and oxygen atoms in total. The maximum atomic E-state index is 13.6. The van der Waals surface area contributed by atoms with E-state index in [0.717, 1.165) is 0 Å². The van der Waals surface area contributed by atoms with Crippen molar-refractivity contribution in [2.24, 2.45) is 5.84 Å². The van der Waals surface area contributed by atoms with Gasteiger partial charge >= 0.3 is 0 Å². The Morgan fingerprint density at radius 2 is 2.15 bits per heavy atom. The third-order valence-electron chi connectivity index (χ3n) is 2.38. The highest BCUT2D eigenvalue weighted by Crippen LogP contribution is 2.29. The van der Waals surface area contributed by atoms with Crippen molar-refractivity contribution in [1.82, 2.24) is 9.97 Å². The Morgan fingerprint density at radius 1 is 1.35 bits per heavy atom. The highest BCUT2D eigenvalue weighted by molar-refractivity contribution is 7.99. The fraction of sp³-hybridized carbons (Fsp3) is 0.231. The van der Waals surface area contributed by atoms with Gasteiger partial charge < -0.3 is 10.2 Å². The molecule has 0 radical (unpaired) electrons. The van der Waals surface area contributed by atoms with Gasteiger partial charge in [0, 0.05) is 17.6 Å². The molecule has 106 valence electrons. The zero-order valence-corrected chi connectivity index (χ0v) is 11.8. The van der Waals surface area contributed by atoms with Crippen LogP contribution in [0.4, 0.5) is 10.2 Å². The Kier molecular flexibility index (Phi) is 5.28. The molecule has 0 saturated carbocycles. The number of ether oxygens (including phenoxy) is 1. The molecule has 1 aromatic carbocycles. The number of hydrogen-bond donors (Lipinski definition) is 2. The Morgan fingerprint density at radius 3 is 2.85 bits per heavy atom. The zero-order valence-electron chi connectivity index (χ0n) is 11.0. The number of nitrogens with one attached hydrogen (secondary N) is 1. The number of nitrogens with two attached hydrogens (primary N) is 1. The number of aromatic nitrogens is 2. The Labute approximate surface area is 120 Å². The van der Waals surface area contributed by atoms with Gasteiger partial charge in [0.1, 0.15) is 23.3 Å². The van der Waals surface area contributed by atoms with E-state index in [1.807, 2.05) is 6.92 Å². The summed E-state index contributed by atoms with van der Waals surface area (Å²) in [7, 11) is 0. The van der Waals surface area contributed by atoms with Crippen LogP contribution in [0.25, 0.3) is 0 Å². The van der Waals surface area contributed by atoms with Gasteiger partial charge in [-0.1, -0.05) is 23.9 Å². The summed E-state index contributed by atoms with van der Waals surface area (Å²) in [5, 5.41) is 0.604. The molecule has 7 heteroatoms. The summed E-state index contributed by atoms with van der Waals surface area (Å²) in [4.78, 5) is 8.99. The minimum absolute atomic E-state index is 0.287. The van der Waals surface area contributed by atoms with Crippen LogP contribution < -0.4 is 11.3 Å². The van der Waals surface area contributed by atoms with Crippen molar-refractivity contribution in [3.8, 4) is 0 Å². The molecule has 1 aromatic heterocycles. The van der Waals surface area contributed by atoms with E-state index in [2.05, 4.69) is 15.4 Å². The van der Waals surface area contributed by atoms with E-state index in [1.165, 1.54) is 17.8 Å². The molecule has 0 atom stereocenters. The average Bonchev–Trinajstić information content (AvgIpc) is 2.47. The van der Waals surface area contributed by atoms with Gasteiger partial charge in [0.25, 0.3) is 0 Å². The lowest BCUT2D eigenvalue weighted by atomic mass is 10.3. The number of nitrogen functional groups attached to an aromatic ring is 1. The second-order valence-electron chi connectivity index (χ2n) is 3.82. The number of rotatable bonds is 6. The minimum atomic E-state index is -0.287. The van der Waals surface area contributed by atoms with E-state index < -0.39 is 0 Å². The first-order chi connectivity index (χ1) is 9.72. The molecule has 0 fully saturated rings. The summed E-state index contributed by atoms with van der Waals surface area (Å²) in [6, 6.07) is 8.18. The molecule has 20 heavy (non-hydrogen) atoms. The summed E-state index contributed by atoms with van der Waals surface area (Å²) in [5.74, 6) is 6.06. The standard InChI is InChI=1S/C13H15FN4OS/c1-2-19-8-12-16-11(18-15)7-13(17-12)20-10-6-4-3-5-9(10)14/h3-7H,2,8,15H2,1H3,(H,16,17,18). The first kappa shape index (κ1) is 14.7. The number of hydrogen-bond acceptors (Lipinski definition) is 6. The van der Waals surface area contributed by atoms with E-state index in [1.54, 1.807) is 24.3 Å². The van der Waals surface area contributed by atoms with Gasteiger partial charge in [0.15, 0.2) is 5.82 Å². The van der Waals surface area contributed by atoms with Crippen molar-refractivity contribution < 1.29 is 9.13 Å². The zero-order chi connectivity index (χ0) is 14.4. The van der Waals surface area contributed by atoms with Crippen LogP contribution in [-0.2, 0) is 11.3 Å². The molecule has 0 aliphatic heterocycles. The number of hydrazine groups is 1. The molecule has 0 amide bonds. The van der Waals surface area contributed by atoms with Crippen molar-refractivity contribution in [2.45, 2.75) is 23.5 Å². The monoisotopic (exact) mass is 294 g/mol. The third kappa shape index (κ3) is 3.89. The van der Waals surface area contributed by atoms with Crippen LogP contribution in [0.5, 0.6) is 0 Å². The van der Waals surface area contributed by atoms with Gasteiger partial charge in [0.2, 0.25) is 0 Å². The summed E-state index contributed by atoms with van der Waals surface area (Å²) >= 11 is 1.21. The minimum Gasteiger partial charge on any atom is -0.374 e. The maximum absolute atomic E-state index is 13.6. The quantitative estimate of drug-likeness (QED) is 0.484. The molecule has 0 saturated heterocycles. The lowest BCUT2D eigenvalue weighted by Gasteiger charge is -2.08. The Bertz CT molecular complexity index is 582. The molecule has 0 unspecified atom stereocenters. The Balaban J connectivity index is 2.24. The van der Waals surface area contributed by atoms with Crippen LogP contribution >= 0.6 is 11.8 Å². The molecule has 1 heterocycles. The molecular formula is C13H15FN4OS. The predicted molar refractivity (Wildman–Crippen MR) is 75.7 cm³/mol. The fourth-order valence-electron chi connectivity index (χ4n) is 1.50. The number of nitrogens with zero attached hydrogens (tertiary/aromatic N) is 2. The SMILES string of the molecule is CCOCc1nc(NN)cc(Sc2ccccc2F)n1. The van der Waals surface area contributed by atoms with Crippen LogP contribution in [0, 0.1) is 5.82 Å².